The highest BCUT2D eigenvalue weighted by molar-refractivity contribution is 6.09. The SMILES string of the molecule is COc1ccccc1C(=O)c1c(CO)[n+]([O-])c2ccccc2[n+]1[O-]. The first-order valence-corrected chi connectivity index (χ1v) is 7.15. The summed E-state index contributed by atoms with van der Waals surface area (Å²) in [6, 6.07) is 12.5. The van der Waals surface area contributed by atoms with Gasteiger partial charge in [0.05, 0.1) is 12.7 Å². The molecule has 7 nitrogen and oxygen atoms in total. The van der Waals surface area contributed by atoms with Crippen LogP contribution in [0.25, 0.3) is 11.0 Å². The summed E-state index contributed by atoms with van der Waals surface area (Å²) in [5.41, 5.74) is -0.471. The van der Waals surface area contributed by atoms with Gasteiger partial charge in [-0.3, -0.25) is 4.79 Å². The standard InChI is InChI=1S/C17H14N2O5/c1-24-15-9-5-2-6-11(15)17(21)16-14(10-20)18(22)12-7-3-4-8-13(12)19(16)23/h2-9,20H,10H2,1H3. The lowest BCUT2D eigenvalue weighted by atomic mass is 10.0. The van der Waals surface area contributed by atoms with Gasteiger partial charge in [-0.15, -0.1) is 0 Å². The zero-order valence-corrected chi connectivity index (χ0v) is 12.8. The number of aromatic nitrogens is 2. The molecule has 1 aromatic heterocycles. The van der Waals surface area contributed by atoms with Crippen molar-refractivity contribution in [1.82, 2.24) is 0 Å². The molecule has 0 unspecified atom stereocenters. The summed E-state index contributed by atoms with van der Waals surface area (Å²) in [5.74, 6) is -0.418. The van der Waals surface area contributed by atoms with E-state index < -0.39 is 18.1 Å². The second kappa shape index (κ2) is 6.13. The van der Waals surface area contributed by atoms with E-state index in [9.17, 15) is 20.3 Å². The Morgan fingerprint density at radius 3 is 2.25 bits per heavy atom. The van der Waals surface area contributed by atoms with Crippen LogP contribution in [0.15, 0.2) is 48.5 Å². The minimum atomic E-state index is -0.743. The minimum absolute atomic E-state index is 0.0444. The van der Waals surface area contributed by atoms with Crippen molar-refractivity contribution in [2.24, 2.45) is 0 Å². The van der Waals surface area contributed by atoms with Crippen LogP contribution in [0, 0.1) is 10.4 Å². The highest BCUT2D eigenvalue weighted by Crippen LogP contribution is 2.21. The summed E-state index contributed by atoms with van der Waals surface area (Å²) in [6.45, 7) is -0.743. The Morgan fingerprint density at radius 2 is 1.62 bits per heavy atom. The van der Waals surface area contributed by atoms with Gasteiger partial charge in [0.15, 0.2) is 0 Å². The number of hydrogen-bond acceptors (Lipinski definition) is 5. The summed E-state index contributed by atoms with van der Waals surface area (Å²) in [7, 11) is 1.40. The van der Waals surface area contributed by atoms with Crippen LogP contribution in [0.1, 0.15) is 21.7 Å². The van der Waals surface area contributed by atoms with Crippen molar-refractivity contribution < 1.29 is 24.1 Å². The molecule has 0 aliphatic carbocycles. The molecule has 0 bridgehead atoms. The minimum Gasteiger partial charge on any atom is -0.618 e. The van der Waals surface area contributed by atoms with Crippen molar-refractivity contribution in [2.45, 2.75) is 6.61 Å². The Balaban J connectivity index is 2.33. The smallest absolute Gasteiger partial charge is 0.336 e. The third-order valence-corrected chi connectivity index (χ3v) is 3.76. The number of para-hydroxylation sites is 3. The summed E-state index contributed by atoms with van der Waals surface area (Å²) in [4.78, 5) is 12.9. The zero-order chi connectivity index (χ0) is 17.3. The number of aliphatic hydroxyl groups excluding tert-OH is 1. The van der Waals surface area contributed by atoms with Gasteiger partial charge in [-0.2, -0.15) is 9.46 Å². The van der Waals surface area contributed by atoms with Gasteiger partial charge >= 0.3 is 5.69 Å². The second-order valence-corrected chi connectivity index (χ2v) is 5.06. The number of ether oxygens (including phenoxy) is 1. The summed E-state index contributed by atoms with van der Waals surface area (Å²) >= 11 is 0. The first-order chi connectivity index (χ1) is 11.6. The van der Waals surface area contributed by atoms with E-state index in [0.29, 0.717) is 9.46 Å². The number of fused-ring (bicyclic) bond motifs is 1. The first-order valence-electron chi connectivity index (χ1n) is 7.15. The van der Waals surface area contributed by atoms with Crippen molar-refractivity contribution in [3.8, 4) is 5.75 Å². The quantitative estimate of drug-likeness (QED) is 0.435. The molecule has 0 radical (unpaired) electrons. The number of rotatable bonds is 4. The highest BCUT2D eigenvalue weighted by atomic mass is 16.5. The molecule has 0 spiro atoms. The summed E-state index contributed by atoms with van der Waals surface area (Å²) in [6.07, 6.45) is 0. The molecule has 3 rings (SSSR count). The van der Waals surface area contributed by atoms with Crippen molar-refractivity contribution in [3.63, 3.8) is 0 Å². The van der Waals surface area contributed by atoms with E-state index in [0.717, 1.165) is 0 Å². The number of benzene rings is 2. The molecule has 0 saturated carbocycles. The molecular formula is C17H14N2O5. The number of carbonyl (C=O) groups is 1. The number of carbonyl (C=O) groups excluding carboxylic acids is 1. The maximum absolute atomic E-state index is 12.9. The monoisotopic (exact) mass is 326 g/mol. The normalized spacial score (nSPS) is 10.8. The average molecular weight is 326 g/mol. The fourth-order valence-corrected chi connectivity index (χ4v) is 2.61. The van der Waals surface area contributed by atoms with Gasteiger partial charge in [0.1, 0.15) is 12.4 Å². The molecule has 0 aliphatic heterocycles. The van der Waals surface area contributed by atoms with Gasteiger partial charge in [0.25, 0.3) is 22.5 Å². The topological polar surface area (TPSA) is 100 Å². The first kappa shape index (κ1) is 15.7. The average Bonchev–Trinajstić information content (AvgIpc) is 2.63. The maximum Gasteiger partial charge on any atom is 0.336 e. The van der Waals surface area contributed by atoms with Crippen LogP contribution in [0.3, 0.4) is 0 Å². The fraction of sp³-hybridized carbons (Fsp3) is 0.118. The Hall–Kier alpha value is -3.19. The van der Waals surface area contributed by atoms with Crippen LogP contribution in [0.5, 0.6) is 5.75 Å². The number of methoxy groups -OCH3 is 1. The second-order valence-electron chi connectivity index (χ2n) is 5.06. The number of nitrogens with zero attached hydrogens (tertiary/aromatic N) is 2. The lowest BCUT2D eigenvalue weighted by Gasteiger charge is -2.12. The number of ketones is 1. The van der Waals surface area contributed by atoms with Crippen molar-refractivity contribution in [2.75, 3.05) is 7.11 Å². The van der Waals surface area contributed by atoms with Crippen LogP contribution in [0.4, 0.5) is 0 Å². The van der Waals surface area contributed by atoms with Gasteiger partial charge in [0.2, 0.25) is 0 Å². The zero-order valence-electron chi connectivity index (χ0n) is 12.8. The Labute approximate surface area is 137 Å². The van der Waals surface area contributed by atoms with Crippen molar-refractivity contribution in [3.05, 3.63) is 75.9 Å². The summed E-state index contributed by atoms with van der Waals surface area (Å²) in [5, 5.41) is 34.7. The van der Waals surface area contributed by atoms with E-state index in [1.54, 1.807) is 30.3 Å². The molecule has 3 aromatic rings. The van der Waals surface area contributed by atoms with Crippen LogP contribution in [-0.2, 0) is 6.61 Å². The fourth-order valence-electron chi connectivity index (χ4n) is 2.61. The molecule has 1 N–H and O–H groups in total. The van der Waals surface area contributed by atoms with Crippen LogP contribution >= 0.6 is 0 Å². The number of hydrogen-bond donors (Lipinski definition) is 1. The molecule has 122 valence electrons. The molecule has 0 fully saturated rings. The predicted octanol–water partition coefficient (Wildman–Crippen LogP) is 0.838. The van der Waals surface area contributed by atoms with Crippen molar-refractivity contribution in [1.29, 1.82) is 0 Å². The molecule has 0 atom stereocenters. The molecule has 0 aliphatic rings. The third kappa shape index (κ3) is 2.31. The van der Waals surface area contributed by atoms with Crippen LogP contribution in [-0.4, -0.2) is 18.0 Å². The van der Waals surface area contributed by atoms with E-state index in [-0.39, 0.29) is 28.0 Å². The third-order valence-electron chi connectivity index (χ3n) is 3.76. The van der Waals surface area contributed by atoms with E-state index in [2.05, 4.69) is 0 Å². The van der Waals surface area contributed by atoms with Gasteiger partial charge in [-0.1, -0.05) is 24.3 Å². The van der Waals surface area contributed by atoms with Crippen LogP contribution < -0.4 is 14.2 Å². The van der Waals surface area contributed by atoms with Crippen molar-refractivity contribution >= 4 is 16.8 Å². The molecular weight excluding hydrogens is 312 g/mol. The Bertz CT molecular complexity index is 940. The predicted molar refractivity (Wildman–Crippen MR) is 84.2 cm³/mol. The van der Waals surface area contributed by atoms with E-state index in [4.69, 9.17) is 4.74 Å². The van der Waals surface area contributed by atoms with Gasteiger partial charge in [0, 0.05) is 12.1 Å². The van der Waals surface area contributed by atoms with Crippen LogP contribution in [0.2, 0.25) is 0 Å². The molecule has 24 heavy (non-hydrogen) atoms. The lowest BCUT2D eigenvalue weighted by Crippen LogP contribution is -2.47. The largest absolute Gasteiger partial charge is 0.618 e. The molecule has 7 heteroatoms. The molecule has 0 saturated heterocycles. The Morgan fingerprint density at radius 1 is 1.04 bits per heavy atom. The van der Waals surface area contributed by atoms with Gasteiger partial charge < -0.3 is 20.3 Å². The molecule has 0 amide bonds. The maximum atomic E-state index is 12.9. The van der Waals surface area contributed by atoms with E-state index >= 15 is 0 Å². The van der Waals surface area contributed by atoms with E-state index in [1.807, 2.05) is 0 Å². The van der Waals surface area contributed by atoms with E-state index in [1.165, 1.54) is 25.3 Å². The Kier molecular flexibility index (Phi) is 4.01. The lowest BCUT2D eigenvalue weighted by molar-refractivity contribution is -0.637. The number of aliphatic hydroxyl groups is 1. The summed E-state index contributed by atoms with van der Waals surface area (Å²) < 4.78 is 5.93. The van der Waals surface area contributed by atoms with Gasteiger partial charge in [-0.25, -0.2) is 0 Å². The highest BCUT2D eigenvalue weighted by Gasteiger charge is 2.34. The molecule has 2 aromatic carbocycles. The molecule has 1 heterocycles. The van der Waals surface area contributed by atoms with Gasteiger partial charge in [-0.05, 0) is 12.1 Å².